The van der Waals surface area contributed by atoms with Gasteiger partial charge in [-0.1, -0.05) is 18.2 Å². The number of fused-ring (bicyclic) bond motifs is 1. The van der Waals surface area contributed by atoms with Gasteiger partial charge in [0.05, 0.1) is 18.9 Å². The van der Waals surface area contributed by atoms with E-state index in [0.717, 1.165) is 4.90 Å². The maximum Gasteiger partial charge on any atom is 0.326 e. The molecule has 4 atom stereocenters. The quantitative estimate of drug-likeness (QED) is 0.639. The third-order valence-electron chi connectivity index (χ3n) is 4.86. The summed E-state index contributed by atoms with van der Waals surface area (Å²) in [5.41, 5.74) is -1.13. The monoisotopic (exact) mass is 320 g/mol. The lowest BCUT2D eigenvalue weighted by Gasteiger charge is -2.27. The topological polar surface area (TPSA) is 75.7 Å². The Hall–Kier alpha value is -2.28. The van der Waals surface area contributed by atoms with Crippen LogP contribution in [-0.2, 0) is 19.1 Å². The van der Waals surface area contributed by atoms with E-state index in [1.807, 2.05) is 0 Å². The number of methoxy groups -OCH3 is 1. The van der Waals surface area contributed by atoms with Crippen LogP contribution in [0.2, 0.25) is 0 Å². The van der Waals surface area contributed by atoms with Crippen LogP contribution < -0.4 is 5.32 Å². The first-order valence-electron chi connectivity index (χ1n) is 7.25. The Morgan fingerprint density at radius 1 is 1.30 bits per heavy atom. The average Bonchev–Trinajstić information content (AvgIpc) is 2.97. The van der Waals surface area contributed by atoms with Gasteiger partial charge in [-0.25, -0.2) is 4.39 Å². The third-order valence-corrected chi connectivity index (χ3v) is 4.86. The molecule has 2 amide bonds. The predicted octanol–water partition coefficient (Wildman–Crippen LogP) is 0.633. The highest BCUT2D eigenvalue weighted by Crippen LogP contribution is 2.48. The number of hydrogen-bond acceptors (Lipinski definition) is 5. The molecular formula is C16H17FN2O4. The molecule has 1 aromatic rings. The second kappa shape index (κ2) is 5.13. The van der Waals surface area contributed by atoms with Gasteiger partial charge < -0.3 is 4.74 Å². The normalized spacial score (nSPS) is 33.0. The molecule has 0 saturated carbocycles. The van der Waals surface area contributed by atoms with Crippen molar-refractivity contribution in [1.29, 1.82) is 0 Å². The summed E-state index contributed by atoms with van der Waals surface area (Å²) in [6.45, 7) is 1.52. The third kappa shape index (κ3) is 1.99. The van der Waals surface area contributed by atoms with Crippen molar-refractivity contribution >= 4 is 17.8 Å². The summed E-state index contributed by atoms with van der Waals surface area (Å²) in [6.07, 6.45) is 0. The lowest BCUT2D eigenvalue weighted by atomic mass is 9.80. The molecule has 7 heteroatoms. The second-order valence-electron chi connectivity index (χ2n) is 6.08. The number of amides is 2. The van der Waals surface area contributed by atoms with Gasteiger partial charge in [-0.2, -0.15) is 0 Å². The van der Waals surface area contributed by atoms with Crippen molar-refractivity contribution in [3.8, 4) is 0 Å². The molecule has 0 aromatic heterocycles. The van der Waals surface area contributed by atoms with Crippen LogP contribution in [0.4, 0.5) is 4.39 Å². The first-order valence-corrected chi connectivity index (χ1v) is 7.25. The Morgan fingerprint density at radius 2 is 1.96 bits per heavy atom. The van der Waals surface area contributed by atoms with Gasteiger partial charge in [0.1, 0.15) is 11.4 Å². The smallest absolute Gasteiger partial charge is 0.326 e. The number of halogens is 1. The molecular weight excluding hydrogens is 303 g/mol. The molecule has 0 spiro atoms. The van der Waals surface area contributed by atoms with Crippen LogP contribution in [0.25, 0.3) is 0 Å². The van der Waals surface area contributed by atoms with Gasteiger partial charge in [0.2, 0.25) is 11.8 Å². The van der Waals surface area contributed by atoms with E-state index >= 15 is 0 Å². The molecule has 2 aliphatic heterocycles. The fourth-order valence-electron chi connectivity index (χ4n) is 3.68. The number of rotatable bonds is 2. The van der Waals surface area contributed by atoms with E-state index in [-0.39, 0.29) is 5.56 Å². The Labute approximate surface area is 132 Å². The first-order chi connectivity index (χ1) is 10.8. The van der Waals surface area contributed by atoms with Gasteiger partial charge in [-0.15, -0.1) is 0 Å². The zero-order valence-electron chi connectivity index (χ0n) is 13.0. The van der Waals surface area contributed by atoms with E-state index in [1.165, 1.54) is 27.1 Å². The molecule has 3 rings (SSSR count). The summed E-state index contributed by atoms with van der Waals surface area (Å²) >= 11 is 0. The van der Waals surface area contributed by atoms with Crippen molar-refractivity contribution in [2.24, 2.45) is 11.8 Å². The molecule has 0 radical (unpaired) electrons. The van der Waals surface area contributed by atoms with Crippen molar-refractivity contribution in [3.05, 3.63) is 35.6 Å². The number of hydrogen-bond donors (Lipinski definition) is 1. The van der Waals surface area contributed by atoms with E-state index in [9.17, 15) is 18.8 Å². The number of carbonyl (C=O) groups is 3. The van der Waals surface area contributed by atoms with Crippen LogP contribution in [-0.4, -0.2) is 42.4 Å². The summed E-state index contributed by atoms with van der Waals surface area (Å²) in [5.74, 6) is -3.78. The Bertz CT molecular complexity index is 707. The molecule has 6 nitrogen and oxygen atoms in total. The van der Waals surface area contributed by atoms with Gasteiger partial charge in [-0.3, -0.25) is 24.6 Å². The number of esters is 1. The number of imide groups is 1. The minimum atomic E-state index is -1.39. The van der Waals surface area contributed by atoms with Crippen molar-refractivity contribution in [3.63, 3.8) is 0 Å². The molecule has 1 aromatic carbocycles. The van der Waals surface area contributed by atoms with Crippen LogP contribution in [0, 0.1) is 17.7 Å². The zero-order valence-corrected chi connectivity index (χ0v) is 13.0. The molecule has 122 valence electrons. The predicted molar refractivity (Wildman–Crippen MR) is 77.5 cm³/mol. The van der Waals surface area contributed by atoms with Crippen molar-refractivity contribution < 1.29 is 23.5 Å². The van der Waals surface area contributed by atoms with Crippen molar-refractivity contribution in [2.75, 3.05) is 14.2 Å². The SMILES string of the molecule is COC(=O)[C@]1(C)N[C@@H](c2ccccc2F)[C@H]2C(=O)N(C)C(=O)[C@H]21. The van der Waals surface area contributed by atoms with Crippen molar-refractivity contribution in [1.82, 2.24) is 10.2 Å². The largest absolute Gasteiger partial charge is 0.468 e. The number of likely N-dealkylation sites (tertiary alicyclic amines) is 1. The van der Waals surface area contributed by atoms with E-state index in [1.54, 1.807) is 18.2 Å². The Kier molecular flexibility index (Phi) is 3.48. The van der Waals surface area contributed by atoms with E-state index in [2.05, 4.69) is 5.32 Å². The molecule has 0 unspecified atom stereocenters. The molecule has 2 fully saturated rings. The van der Waals surface area contributed by atoms with Crippen LogP contribution in [0.15, 0.2) is 24.3 Å². The number of nitrogens with one attached hydrogen (secondary N) is 1. The summed E-state index contributed by atoms with van der Waals surface area (Å²) in [6, 6.07) is 5.24. The molecule has 2 heterocycles. The van der Waals surface area contributed by atoms with Crippen LogP contribution >= 0.6 is 0 Å². The Balaban J connectivity index is 2.14. The minimum absolute atomic E-state index is 0.256. The fourth-order valence-corrected chi connectivity index (χ4v) is 3.68. The van der Waals surface area contributed by atoms with Gasteiger partial charge in [0.15, 0.2) is 0 Å². The lowest BCUT2D eigenvalue weighted by Crippen LogP contribution is -2.53. The highest BCUT2D eigenvalue weighted by Gasteiger charge is 2.66. The fraction of sp³-hybridized carbons (Fsp3) is 0.438. The molecule has 0 bridgehead atoms. The lowest BCUT2D eigenvalue weighted by molar-refractivity contribution is -0.152. The molecule has 23 heavy (non-hydrogen) atoms. The summed E-state index contributed by atoms with van der Waals surface area (Å²) in [4.78, 5) is 38.2. The number of ether oxygens (including phenoxy) is 1. The molecule has 1 N–H and O–H groups in total. The summed E-state index contributed by atoms with van der Waals surface area (Å²) in [7, 11) is 2.59. The highest BCUT2D eigenvalue weighted by molar-refractivity contribution is 6.09. The second-order valence-corrected chi connectivity index (χ2v) is 6.08. The van der Waals surface area contributed by atoms with E-state index in [0.29, 0.717) is 0 Å². The number of benzene rings is 1. The van der Waals surface area contributed by atoms with Crippen LogP contribution in [0.1, 0.15) is 18.5 Å². The average molecular weight is 320 g/mol. The standard InChI is InChI=1S/C16H17FN2O4/c1-16(15(22)23-3)11-10(13(20)19(2)14(11)21)12(18-16)8-6-4-5-7-9(8)17/h4-7,10-12,18H,1-3H3/t10-,11-,12-,16+/m0/s1. The van der Waals surface area contributed by atoms with Gasteiger partial charge in [0.25, 0.3) is 0 Å². The van der Waals surface area contributed by atoms with E-state index < -0.39 is 47.0 Å². The highest BCUT2D eigenvalue weighted by atomic mass is 19.1. The molecule has 2 aliphatic rings. The number of carbonyl (C=O) groups excluding carboxylic acids is 3. The number of nitrogens with zero attached hydrogens (tertiary/aromatic N) is 1. The molecule has 2 saturated heterocycles. The molecule has 0 aliphatic carbocycles. The van der Waals surface area contributed by atoms with Crippen molar-refractivity contribution in [2.45, 2.75) is 18.5 Å². The van der Waals surface area contributed by atoms with E-state index in [4.69, 9.17) is 4.74 Å². The summed E-state index contributed by atoms with van der Waals surface area (Å²) < 4.78 is 19.0. The first kappa shape index (κ1) is 15.6. The maximum atomic E-state index is 14.2. The Morgan fingerprint density at radius 3 is 2.57 bits per heavy atom. The summed E-state index contributed by atoms with van der Waals surface area (Å²) in [5, 5.41) is 2.98. The van der Waals surface area contributed by atoms with Crippen LogP contribution in [0.5, 0.6) is 0 Å². The van der Waals surface area contributed by atoms with Gasteiger partial charge in [0, 0.05) is 18.7 Å². The maximum absolute atomic E-state index is 14.2. The van der Waals surface area contributed by atoms with Crippen LogP contribution in [0.3, 0.4) is 0 Å². The van der Waals surface area contributed by atoms with Gasteiger partial charge in [-0.05, 0) is 13.0 Å². The van der Waals surface area contributed by atoms with Gasteiger partial charge >= 0.3 is 5.97 Å². The zero-order chi connectivity index (χ0) is 16.9. The minimum Gasteiger partial charge on any atom is -0.468 e.